The van der Waals surface area contributed by atoms with Gasteiger partial charge in [-0.05, 0) is 61.1 Å². The number of anilines is 1. The van der Waals surface area contributed by atoms with Crippen LogP contribution in [0.15, 0.2) is 67.5 Å². The maximum atomic E-state index is 13.4. The number of hydrogen-bond donors (Lipinski definition) is 2. The first-order valence-electron chi connectivity index (χ1n) is 12.6. The highest BCUT2D eigenvalue weighted by atomic mass is 32.1. The van der Waals surface area contributed by atoms with Crippen molar-refractivity contribution in [2.45, 2.75) is 25.3 Å². The molecule has 5 aromatic rings. The van der Waals surface area contributed by atoms with Crippen molar-refractivity contribution in [1.29, 1.82) is 0 Å². The molecule has 4 aromatic heterocycles. The van der Waals surface area contributed by atoms with Crippen LogP contribution in [0.2, 0.25) is 0 Å². The number of rotatable bonds is 5. The largest absolute Gasteiger partial charge is 0.339 e. The third-order valence-corrected chi connectivity index (χ3v) is 9.01. The smallest absolute Gasteiger partial charge is 0.268 e. The van der Waals surface area contributed by atoms with Gasteiger partial charge >= 0.3 is 0 Å². The number of carbonyl (C=O) groups is 2. The Bertz CT molecular complexity index is 1730. The molecule has 10 heteroatoms. The van der Waals surface area contributed by atoms with E-state index in [2.05, 4.69) is 31.6 Å². The number of para-hydroxylation sites is 2. The Morgan fingerprint density at radius 3 is 2.92 bits per heavy atom. The number of hydrogen-bond acceptors (Lipinski definition) is 6. The number of aromatic nitrogens is 5. The molecule has 1 saturated heterocycles. The standard InChI is InChI=1S/C28H25N7O2S/c1-2-24(36)34-12-10-28(16-34)13-17(14-28)35-21-6-4-3-5-20(21)31-27(35)32-26(37)23-8-7-22(38-23)18-9-11-29-25-19(18)15-30-33-25/h2-9,11,15,17H,1,10,12-14,16H2,(H,29,30,33)(H,31,32,37)/t17-,28-. The highest BCUT2D eigenvalue weighted by Gasteiger charge is 2.50. The minimum absolute atomic E-state index is 0.00180. The molecule has 1 saturated carbocycles. The van der Waals surface area contributed by atoms with Gasteiger partial charge in [-0.1, -0.05) is 18.7 Å². The fourth-order valence-electron chi connectivity index (χ4n) is 6.04. The molecule has 1 spiro atoms. The molecule has 1 aromatic carbocycles. The average molecular weight is 524 g/mol. The summed E-state index contributed by atoms with van der Waals surface area (Å²) < 4.78 is 2.17. The molecule has 0 unspecified atom stereocenters. The Morgan fingerprint density at radius 2 is 2.05 bits per heavy atom. The molecule has 0 atom stereocenters. The first kappa shape index (κ1) is 22.9. The Morgan fingerprint density at radius 1 is 1.18 bits per heavy atom. The third-order valence-electron chi connectivity index (χ3n) is 7.90. The quantitative estimate of drug-likeness (QED) is 0.314. The first-order valence-corrected chi connectivity index (χ1v) is 13.4. The van der Waals surface area contributed by atoms with E-state index in [9.17, 15) is 9.59 Å². The first-order chi connectivity index (χ1) is 18.5. The third kappa shape index (κ3) is 3.63. The fourth-order valence-corrected chi connectivity index (χ4v) is 6.98. The van der Waals surface area contributed by atoms with Crippen LogP contribution < -0.4 is 5.32 Å². The summed E-state index contributed by atoms with van der Waals surface area (Å²) in [4.78, 5) is 38.1. The van der Waals surface area contributed by atoms with Crippen molar-refractivity contribution in [2.75, 3.05) is 18.4 Å². The number of thiophene rings is 1. The lowest BCUT2D eigenvalue weighted by Gasteiger charge is -2.46. The van der Waals surface area contributed by atoms with Crippen LogP contribution in [0, 0.1) is 5.41 Å². The van der Waals surface area contributed by atoms with Crippen molar-refractivity contribution >= 4 is 51.2 Å². The SMILES string of the molecule is C=CC(=O)N1CC[C@]2(C1)C[C@H](n1c(NC(=O)c3ccc(-c4ccnc5[nH]ncc45)s3)nc3ccccc31)C2. The Hall–Kier alpha value is -4.31. The van der Waals surface area contributed by atoms with Gasteiger partial charge < -0.3 is 9.47 Å². The molecule has 2 N–H and O–H groups in total. The van der Waals surface area contributed by atoms with Crippen LogP contribution >= 0.6 is 11.3 Å². The molecule has 9 nitrogen and oxygen atoms in total. The number of fused-ring (bicyclic) bond motifs is 2. The number of pyridine rings is 1. The van der Waals surface area contributed by atoms with Crippen LogP contribution in [0.4, 0.5) is 5.95 Å². The van der Waals surface area contributed by atoms with Crippen LogP contribution in [0.25, 0.3) is 32.5 Å². The predicted octanol–water partition coefficient (Wildman–Crippen LogP) is 5.03. The summed E-state index contributed by atoms with van der Waals surface area (Å²) in [5, 5.41) is 11.0. The summed E-state index contributed by atoms with van der Waals surface area (Å²) in [7, 11) is 0. The molecular weight excluding hydrogens is 498 g/mol. The summed E-state index contributed by atoms with van der Waals surface area (Å²) in [6, 6.07) is 13.9. The normalized spacial score (nSPS) is 20.7. The Kier molecular flexibility index (Phi) is 5.19. The van der Waals surface area contributed by atoms with E-state index in [1.54, 1.807) is 12.4 Å². The molecule has 1 aliphatic carbocycles. The molecule has 38 heavy (non-hydrogen) atoms. The summed E-state index contributed by atoms with van der Waals surface area (Å²) in [5.74, 6) is 0.374. The minimum Gasteiger partial charge on any atom is -0.339 e. The van der Waals surface area contributed by atoms with E-state index in [-0.39, 0.29) is 23.3 Å². The van der Waals surface area contributed by atoms with E-state index in [1.807, 2.05) is 47.4 Å². The van der Waals surface area contributed by atoms with E-state index < -0.39 is 0 Å². The Labute approximate surface area is 222 Å². The summed E-state index contributed by atoms with van der Waals surface area (Å²) in [6.45, 7) is 5.17. The van der Waals surface area contributed by atoms with Crippen LogP contribution in [-0.2, 0) is 4.79 Å². The minimum atomic E-state index is -0.187. The highest BCUT2D eigenvalue weighted by molar-refractivity contribution is 7.17. The van der Waals surface area contributed by atoms with Crippen LogP contribution in [0.1, 0.15) is 35.0 Å². The van der Waals surface area contributed by atoms with Gasteiger partial charge in [-0.2, -0.15) is 5.10 Å². The number of carbonyl (C=O) groups excluding carboxylic acids is 2. The van der Waals surface area contributed by atoms with Crippen molar-refractivity contribution in [2.24, 2.45) is 5.41 Å². The average Bonchev–Trinajstić information content (AvgIpc) is 3.71. The molecule has 2 amide bonds. The van der Waals surface area contributed by atoms with Crippen LogP contribution in [-0.4, -0.2) is 54.5 Å². The van der Waals surface area contributed by atoms with Gasteiger partial charge in [0.05, 0.1) is 22.1 Å². The van der Waals surface area contributed by atoms with E-state index in [0.29, 0.717) is 16.5 Å². The second-order valence-electron chi connectivity index (χ2n) is 10.2. The number of benzene rings is 1. The molecule has 0 bridgehead atoms. The molecule has 7 rings (SSSR count). The Balaban J connectivity index is 1.15. The monoisotopic (exact) mass is 523 g/mol. The molecule has 190 valence electrons. The molecule has 2 aliphatic rings. The second-order valence-corrected chi connectivity index (χ2v) is 11.3. The maximum Gasteiger partial charge on any atom is 0.268 e. The summed E-state index contributed by atoms with van der Waals surface area (Å²) in [5.41, 5.74) is 3.69. The van der Waals surface area contributed by atoms with Crippen molar-refractivity contribution in [3.05, 3.63) is 72.4 Å². The van der Waals surface area contributed by atoms with Gasteiger partial charge in [-0.25, -0.2) is 9.97 Å². The van der Waals surface area contributed by atoms with E-state index in [1.165, 1.54) is 17.4 Å². The van der Waals surface area contributed by atoms with Crippen molar-refractivity contribution in [3.8, 4) is 10.4 Å². The van der Waals surface area contributed by atoms with Gasteiger partial charge in [0.25, 0.3) is 5.91 Å². The van der Waals surface area contributed by atoms with Crippen molar-refractivity contribution < 1.29 is 9.59 Å². The number of imidazole rings is 1. The van der Waals surface area contributed by atoms with Crippen molar-refractivity contribution in [1.82, 2.24) is 29.6 Å². The number of likely N-dealkylation sites (tertiary alicyclic amines) is 1. The molecule has 2 fully saturated rings. The lowest BCUT2D eigenvalue weighted by Crippen LogP contribution is -2.42. The number of H-pyrrole nitrogens is 1. The van der Waals surface area contributed by atoms with E-state index >= 15 is 0 Å². The molecule has 1 aliphatic heterocycles. The lowest BCUT2D eigenvalue weighted by atomic mass is 9.65. The molecule has 0 radical (unpaired) electrons. The zero-order chi connectivity index (χ0) is 25.9. The van der Waals surface area contributed by atoms with Crippen LogP contribution in [0.5, 0.6) is 0 Å². The number of nitrogens with one attached hydrogen (secondary N) is 2. The summed E-state index contributed by atoms with van der Waals surface area (Å²) in [6.07, 6.45) is 7.77. The highest BCUT2D eigenvalue weighted by Crippen LogP contribution is 2.55. The second kappa shape index (κ2) is 8.63. The number of aromatic amines is 1. The van der Waals surface area contributed by atoms with Gasteiger partial charge in [0.1, 0.15) is 0 Å². The van der Waals surface area contributed by atoms with E-state index in [4.69, 9.17) is 4.98 Å². The van der Waals surface area contributed by atoms with Crippen LogP contribution in [0.3, 0.4) is 0 Å². The van der Waals surface area contributed by atoms with Gasteiger partial charge in [0.2, 0.25) is 11.9 Å². The molecule has 5 heterocycles. The zero-order valence-electron chi connectivity index (χ0n) is 20.6. The van der Waals surface area contributed by atoms with E-state index in [0.717, 1.165) is 59.2 Å². The summed E-state index contributed by atoms with van der Waals surface area (Å²) >= 11 is 1.43. The predicted molar refractivity (Wildman–Crippen MR) is 147 cm³/mol. The lowest BCUT2D eigenvalue weighted by molar-refractivity contribution is -0.125. The fraction of sp³-hybridized carbons (Fsp3) is 0.250. The van der Waals surface area contributed by atoms with Gasteiger partial charge in [0, 0.05) is 41.2 Å². The van der Waals surface area contributed by atoms with Gasteiger partial charge in [0.15, 0.2) is 5.65 Å². The van der Waals surface area contributed by atoms with Gasteiger partial charge in [-0.3, -0.25) is 20.0 Å². The topological polar surface area (TPSA) is 109 Å². The van der Waals surface area contributed by atoms with Gasteiger partial charge in [-0.15, -0.1) is 11.3 Å². The number of nitrogens with zero attached hydrogens (tertiary/aromatic N) is 5. The zero-order valence-corrected chi connectivity index (χ0v) is 21.4. The number of amides is 2. The maximum absolute atomic E-state index is 13.4. The van der Waals surface area contributed by atoms with Crippen molar-refractivity contribution in [3.63, 3.8) is 0 Å². The molecular formula is C28H25N7O2S.